The summed E-state index contributed by atoms with van der Waals surface area (Å²) in [5, 5.41) is 7.72. The van der Waals surface area contributed by atoms with E-state index in [1.165, 1.54) is 12.0 Å². The summed E-state index contributed by atoms with van der Waals surface area (Å²) in [5.41, 5.74) is 1.39. The molecule has 0 radical (unpaired) electrons. The molecule has 142 valence electrons. The van der Waals surface area contributed by atoms with Gasteiger partial charge in [-0.1, -0.05) is 36.8 Å². The van der Waals surface area contributed by atoms with E-state index >= 15 is 0 Å². The second-order valence-corrected chi connectivity index (χ2v) is 9.22. The van der Waals surface area contributed by atoms with E-state index in [0.29, 0.717) is 17.2 Å². The van der Waals surface area contributed by atoms with E-state index in [0.717, 1.165) is 51.1 Å². The highest BCUT2D eigenvalue weighted by Gasteiger charge is 2.42. The maximum atomic E-state index is 12.7. The molecule has 1 aromatic carbocycles. The van der Waals surface area contributed by atoms with Crippen LogP contribution in [0.5, 0.6) is 0 Å². The Labute approximate surface area is 160 Å². The summed E-state index contributed by atoms with van der Waals surface area (Å²) in [6.45, 7) is 1.76. The number of amides is 1. The molecule has 0 aromatic heterocycles. The minimum Gasteiger partial charge on any atom is -0.381 e. The molecule has 1 amide bonds. The van der Waals surface area contributed by atoms with Crippen LogP contribution in [-0.2, 0) is 16.0 Å². The third kappa shape index (κ3) is 4.44. The number of carbonyl (C=O) groups is 1. The highest BCUT2D eigenvalue weighted by Crippen LogP contribution is 2.34. The third-order valence-electron chi connectivity index (χ3n) is 6.09. The molecule has 2 N–H and O–H groups in total. The smallest absolute Gasteiger partial charge is 0.225 e. The Morgan fingerprint density at radius 3 is 2.69 bits per heavy atom. The van der Waals surface area contributed by atoms with Crippen LogP contribution in [0.1, 0.15) is 37.7 Å². The van der Waals surface area contributed by atoms with Gasteiger partial charge in [0.15, 0.2) is 0 Å². The molecule has 2 heterocycles. The molecule has 0 spiro atoms. The van der Waals surface area contributed by atoms with Crippen LogP contribution in [0.4, 0.5) is 0 Å². The minimum atomic E-state index is 0.105. The molecule has 4 unspecified atom stereocenters. The fourth-order valence-corrected chi connectivity index (χ4v) is 5.87. The monoisotopic (exact) mass is 374 g/mol. The number of nitrogens with one attached hydrogen (secondary N) is 2. The van der Waals surface area contributed by atoms with Gasteiger partial charge in [0.05, 0.1) is 12.1 Å². The van der Waals surface area contributed by atoms with Crippen LogP contribution in [0.15, 0.2) is 30.3 Å². The van der Waals surface area contributed by atoms with Crippen LogP contribution >= 0.6 is 11.8 Å². The van der Waals surface area contributed by atoms with Crippen molar-refractivity contribution in [2.45, 2.75) is 56.0 Å². The summed E-state index contributed by atoms with van der Waals surface area (Å²) in [6, 6.07) is 11.0. The topological polar surface area (TPSA) is 50.4 Å². The van der Waals surface area contributed by atoms with Gasteiger partial charge in [-0.3, -0.25) is 10.1 Å². The first-order valence-corrected chi connectivity index (χ1v) is 11.1. The first-order valence-electron chi connectivity index (χ1n) is 10.1. The SMILES string of the molecule is O=C1NC(CSC2CCOCC2)NC2C(Cc3ccccc3)CCCC12. The average Bonchev–Trinajstić information content (AvgIpc) is 2.69. The number of thioether (sulfide) groups is 1. The lowest BCUT2D eigenvalue weighted by atomic mass is 9.73. The van der Waals surface area contributed by atoms with E-state index < -0.39 is 0 Å². The van der Waals surface area contributed by atoms with Gasteiger partial charge in [0.1, 0.15) is 0 Å². The van der Waals surface area contributed by atoms with Crippen molar-refractivity contribution in [3.8, 4) is 0 Å². The molecule has 2 saturated heterocycles. The molecule has 4 rings (SSSR count). The summed E-state index contributed by atoms with van der Waals surface area (Å²) in [5.74, 6) is 1.92. The van der Waals surface area contributed by atoms with Gasteiger partial charge in [-0.15, -0.1) is 0 Å². The van der Waals surface area contributed by atoms with Crippen molar-refractivity contribution in [3.05, 3.63) is 35.9 Å². The lowest BCUT2D eigenvalue weighted by Crippen LogP contribution is -2.65. The van der Waals surface area contributed by atoms with E-state index in [2.05, 4.69) is 41.0 Å². The summed E-state index contributed by atoms with van der Waals surface area (Å²) >= 11 is 1.99. The van der Waals surface area contributed by atoms with E-state index in [1.807, 2.05) is 11.8 Å². The molecule has 1 aliphatic carbocycles. The largest absolute Gasteiger partial charge is 0.381 e. The lowest BCUT2D eigenvalue weighted by Gasteiger charge is -2.44. The average molecular weight is 375 g/mol. The van der Waals surface area contributed by atoms with E-state index in [9.17, 15) is 4.79 Å². The van der Waals surface area contributed by atoms with Gasteiger partial charge >= 0.3 is 0 Å². The van der Waals surface area contributed by atoms with Crippen molar-refractivity contribution in [1.82, 2.24) is 10.6 Å². The Kier molecular flexibility index (Phi) is 6.18. The first kappa shape index (κ1) is 18.3. The molecule has 4 nitrogen and oxygen atoms in total. The van der Waals surface area contributed by atoms with Crippen LogP contribution in [0.2, 0.25) is 0 Å². The van der Waals surface area contributed by atoms with Crippen molar-refractivity contribution in [3.63, 3.8) is 0 Å². The molecule has 4 atom stereocenters. The van der Waals surface area contributed by atoms with Crippen LogP contribution < -0.4 is 10.6 Å². The number of hydrogen-bond donors (Lipinski definition) is 2. The van der Waals surface area contributed by atoms with E-state index in [1.54, 1.807) is 0 Å². The lowest BCUT2D eigenvalue weighted by molar-refractivity contribution is -0.131. The molecule has 1 saturated carbocycles. The number of ether oxygens (including phenoxy) is 1. The Hall–Kier alpha value is -1.04. The van der Waals surface area contributed by atoms with Gasteiger partial charge in [-0.2, -0.15) is 11.8 Å². The fourth-order valence-electron chi connectivity index (χ4n) is 4.70. The minimum absolute atomic E-state index is 0.105. The molecular formula is C21H30N2O2S. The van der Waals surface area contributed by atoms with Gasteiger partial charge in [0.25, 0.3) is 0 Å². The van der Waals surface area contributed by atoms with Crippen molar-refractivity contribution in [1.29, 1.82) is 0 Å². The van der Waals surface area contributed by atoms with Gasteiger partial charge in [0.2, 0.25) is 5.91 Å². The summed E-state index contributed by atoms with van der Waals surface area (Å²) in [4.78, 5) is 12.7. The highest BCUT2D eigenvalue weighted by atomic mass is 32.2. The van der Waals surface area contributed by atoms with Gasteiger partial charge in [-0.25, -0.2) is 0 Å². The van der Waals surface area contributed by atoms with Gasteiger partial charge in [-0.05, 0) is 43.6 Å². The van der Waals surface area contributed by atoms with Gasteiger partial charge in [0, 0.05) is 30.3 Å². The molecule has 3 aliphatic rings. The number of carbonyl (C=O) groups excluding carboxylic acids is 1. The van der Waals surface area contributed by atoms with Crippen LogP contribution in [0, 0.1) is 11.8 Å². The van der Waals surface area contributed by atoms with Crippen LogP contribution in [0.25, 0.3) is 0 Å². The Morgan fingerprint density at radius 1 is 1.08 bits per heavy atom. The van der Waals surface area contributed by atoms with Crippen molar-refractivity contribution in [2.75, 3.05) is 19.0 Å². The summed E-state index contributed by atoms with van der Waals surface area (Å²) in [6.07, 6.45) is 6.84. The molecule has 2 aliphatic heterocycles. The van der Waals surface area contributed by atoms with E-state index in [4.69, 9.17) is 4.74 Å². The summed E-state index contributed by atoms with van der Waals surface area (Å²) in [7, 11) is 0. The predicted molar refractivity (Wildman–Crippen MR) is 106 cm³/mol. The third-order valence-corrected chi connectivity index (χ3v) is 7.55. The zero-order chi connectivity index (χ0) is 17.8. The van der Waals surface area contributed by atoms with Crippen molar-refractivity contribution in [2.24, 2.45) is 11.8 Å². The van der Waals surface area contributed by atoms with Gasteiger partial charge < -0.3 is 10.1 Å². The number of benzene rings is 1. The highest BCUT2D eigenvalue weighted by molar-refractivity contribution is 7.99. The molecule has 26 heavy (non-hydrogen) atoms. The molecule has 3 fully saturated rings. The Morgan fingerprint density at radius 2 is 1.88 bits per heavy atom. The number of hydrogen-bond acceptors (Lipinski definition) is 4. The zero-order valence-corrected chi connectivity index (χ0v) is 16.2. The molecular weight excluding hydrogens is 344 g/mol. The molecule has 5 heteroatoms. The van der Waals surface area contributed by atoms with Crippen LogP contribution in [-0.4, -0.2) is 42.3 Å². The number of fused-ring (bicyclic) bond motifs is 1. The fraction of sp³-hybridized carbons (Fsp3) is 0.667. The second-order valence-electron chi connectivity index (χ2n) is 7.89. The first-order chi connectivity index (χ1) is 12.8. The Bertz CT molecular complexity index is 591. The summed E-state index contributed by atoms with van der Waals surface area (Å²) < 4.78 is 5.45. The van der Waals surface area contributed by atoms with Crippen molar-refractivity contribution >= 4 is 17.7 Å². The second kappa shape index (κ2) is 8.77. The Balaban J connectivity index is 1.37. The standard InChI is InChI=1S/C21H30N2O2S/c24-21-18-8-4-7-16(13-15-5-2-1-3-6-15)20(18)22-19(23-21)14-26-17-9-11-25-12-10-17/h1-3,5-6,16-20,22H,4,7-14H2,(H,23,24). The zero-order valence-electron chi connectivity index (χ0n) is 15.4. The quantitative estimate of drug-likeness (QED) is 0.832. The number of rotatable bonds is 5. The van der Waals surface area contributed by atoms with Crippen molar-refractivity contribution < 1.29 is 9.53 Å². The molecule has 1 aromatic rings. The normalized spacial score (nSPS) is 32.7. The van der Waals surface area contributed by atoms with E-state index in [-0.39, 0.29) is 18.0 Å². The van der Waals surface area contributed by atoms with Crippen LogP contribution in [0.3, 0.4) is 0 Å². The predicted octanol–water partition coefficient (Wildman–Crippen LogP) is 2.97. The maximum absolute atomic E-state index is 12.7. The maximum Gasteiger partial charge on any atom is 0.225 e. The molecule has 0 bridgehead atoms.